The fraction of sp³-hybridized carbons (Fsp3) is 0.333. The molecule has 2 heterocycles. The van der Waals surface area contributed by atoms with E-state index in [2.05, 4.69) is 62.3 Å². The van der Waals surface area contributed by atoms with Crippen molar-refractivity contribution in [3.8, 4) is 0 Å². The van der Waals surface area contributed by atoms with Crippen molar-refractivity contribution in [2.24, 2.45) is 0 Å². The zero-order valence-electron chi connectivity index (χ0n) is 9.43. The van der Waals surface area contributed by atoms with E-state index >= 15 is 0 Å². The summed E-state index contributed by atoms with van der Waals surface area (Å²) in [6.45, 7) is 4.08. The summed E-state index contributed by atoms with van der Waals surface area (Å²) in [7, 11) is 0. The van der Waals surface area contributed by atoms with Gasteiger partial charge >= 0.3 is 0 Å². The summed E-state index contributed by atoms with van der Waals surface area (Å²) in [4.78, 5) is 4.22. The van der Waals surface area contributed by atoms with E-state index in [9.17, 15) is 0 Å². The molecule has 2 rings (SSSR count). The fourth-order valence-corrected chi connectivity index (χ4v) is 4.57. The van der Waals surface area contributed by atoms with Crippen LogP contribution in [0.5, 0.6) is 0 Å². The maximum atomic E-state index is 3.51. The number of rotatable bonds is 5. The molecule has 2 aromatic heterocycles. The maximum absolute atomic E-state index is 3.51. The molecule has 0 saturated carbocycles. The molecule has 92 valence electrons. The van der Waals surface area contributed by atoms with E-state index in [4.69, 9.17) is 0 Å². The predicted octanol–water partition coefficient (Wildman–Crippen LogP) is 5.19. The fourth-order valence-electron chi connectivity index (χ4n) is 1.49. The van der Waals surface area contributed by atoms with Crippen LogP contribution in [0.25, 0.3) is 0 Å². The van der Waals surface area contributed by atoms with Gasteiger partial charge in [0.05, 0.1) is 3.79 Å². The summed E-state index contributed by atoms with van der Waals surface area (Å²) in [6.07, 6.45) is 1.13. The Morgan fingerprint density at radius 2 is 1.76 bits per heavy atom. The number of hydrogen-bond acceptors (Lipinski definition) is 3. The van der Waals surface area contributed by atoms with Crippen molar-refractivity contribution in [1.82, 2.24) is 5.32 Å². The molecule has 0 aliphatic carbocycles. The minimum absolute atomic E-state index is 0.925. The second kappa shape index (κ2) is 6.48. The second-order valence-corrected chi connectivity index (χ2v) is 8.22. The first-order valence-corrected chi connectivity index (χ1v) is 8.63. The molecule has 0 amide bonds. The summed E-state index contributed by atoms with van der Waals surface area (Å²) in [5.74, 6) is 0. The third-order valence-electron chi connectivity index (χ3n) is 2.36. The summed E-state index contributed by atoms with van der Waals surface area (Å²) >= 11 is 10.7. The van der Waals surface area contributed by atoms with Gasteiger partial charge in [-0.1, -0.05) is 6.92 Å². The minimum Gasteiger partial charge on any atom is -0.307 e. The first-order chi connectivity index (χ1) is 8.19. The molecule has 17 heavy (non-hydrogen) atoms. The molecule has 0 aliphatic heterocycles. The number of halogens is 2. The van der Waals surface area contributed by atoms with Crippen molar-refractivity contribution < 1.29 is 0 Å². The molecule has 0 bridgehead atoms. The standard InChI is InChI=1S/C12H13Br2NS2/c1-2-8-3-4-9(16-8)6-15-7-10-5-11(13)12(14)17-10/h3-5,15H,2,6-7H2,1H3. The average Bonchev–Trinajstić information content (AvgIpc) is 2.87. The second-order valence-electron chi connectivity index (χ2n) is 3.66. The molecular formula is C12H13Br2NS2. The van der Waals surface area contributed by atoms with E-state index in [1.807, 2.05) is 11.3 Å². The summed E-state index contributed by atoms with van der Waals surface area (Å²) < 4.78 is 2.31. The van der Waals surface area contributed by atoms with Gasteiger partial charge in [0.1, 0.15) is 0 Å². The largest absolute Gasteiger partial charge is 0.307 e. The van der Waals surface area contributed by atoms with Gasteiger partial charge in [0.2, 0.25) is 0 Å². The highest BCUT2D eigenvalue weighted by atomic mass is 79.9. The van der Waals surface area contributed by atoms with Crippen LogP contribution in [0, 0.1) is 0 Å². The van der Waals surface area contributed by atoms with Gasteiger partial charge in [-0.25, -0.2) is 0 Å². The molecule has 0 unspecified atom stereocenters. The SMILES string of the molecule is CCc1ccc(CNCc2cc(Br)c(Br)s2)s1. The van der Waals surface area contributed by atoms with Crippen LogP contribution in [0.4, 0.5) is 0 Å². The van der Waals surface area contributed by atoms with Crippen LogP contribution in [0.1, 0.15) is 21.6 Å². The van der Waals surface area contributed by atoms with Gasteiger partial charge in [-0.3, -0.25) is 0 Å². The molecule has 0 radical (unpaired) electrons. The van der Waals surface area contributed by atoms with Crippen molar-refractivity contribution in [3.05, 3.63) is 41.1 Å². The van der Waals surface area contributed by atoms with Gasteiger partial charge < -0.3 is 5.32 Å². The number of nitrogens with one attached hydrogen (secondary N) is 1. The molecule has 0 spiro atoms. The third kappa shape index (κ3) is 3.89. The first-order valence-electron chi connectivity index (χ1n) is 5.41. The average molecular weight is 395 g/mol. The monoisotopic (exact) mass is 393 g/mol. The van der Waals surface area contributed by atoms with Gasteiger partial charge in [-0.15, -0.1) is 22.7 Å². The maximum Gasteiger partial charge on any atom is 0.0843 e. The smallest absolute Gasteiger partial charge is 0.0843 e. The lowest BCUT2D eigenvalue weighted by Crippen LogP contribution is -2.10. The van der Waals surface area contributed by atoms with Gasteiger partial charge in [-0.2, -0.15) is 0 Å². The van der Waals surface area contributed by atoms with E-state index < -0.39 is 0 Å². The Kier molecular flexibility index (Phi) is 5.24. The highest BCUT2D eigenvalue weighted by molar-refractivity contribution is 9.13. The van der Waals surface area contributed by atoms with Gasteiger partial charge in [-0.05, 0) is 56.5 Å². The molecule has 0 saturated heterocycles. The Labute approximate surface area is 127 Å². The number of aryl methyl sites for hydroxylation is 1. The minimum atomic E-state index is 0.925. The predicted molar refractivity (Wildman–Crippen MR) is 84.0 cm³/mol. The van der Waals surface area contributed by atoms with E-state index in [1.54, 1.807) is 11.3 Å². The van der Waals surface area contributed by atoms with Crippen LogP contribution in [0.2, 0.25) is 0 Å². The lowest BCUT2D eigenvalue weighted by atomic mass is 10.3. The molecule has 1 nitrogen and oxygen atoms in total. The summed E-state index contributed by atoms with van der Waals surface area (Å²) in [6, 6.07) is 6.60. The van der Waals surface area contributed by atoms with Crippen molar-refractivity contribution >= 4 is 54.5 Å². The topological polar surface area (TPSA) is 12.0 Å². The number of hydrogen-bond donors (Lipinski definition) is 1. The third-order valence-corrected chi connectivity index (χ3v) is 6.85. The van der Waals surface area contributed by atoms with Gasteiger partial charge in [0.15, 0.2) is 0 Å². The van der Waals surface area contributed by atoms with Gasteiger partial charge in [0.25, 0.3) is 0 Å². The normalized spacial score (nSPS) is 11.0. The molecule has 0 atom stereocenters. The molecule has 2 aromatic rings. The first kappa shape index (κ1) is 13.7. The highest BCUT2D eigenvalue weighted by Crippen LogP contribution is 2.32. The molecule has 0 aliphatic rings. The molecule has 1 N–H and O–H groups in total. The Balaban J connectivity index is 1.83. The van der Waals surface area contributed by atoms with Crippen LogP contribution in [0.3, 0.4) is 0 Å². The summed E-state index contributed by atoms with van der Waals surface area (Å²) in [5, 5.41) is 3.48. The molecule has 5 heteroatoms. The van der Waals surface area contributed by atoms with Crippen LogP contribution in [-0.2, 0) is 19.5 Å². The highest BCUT2D eigenvalue weighted by Gasteiger charge is 2.04. The van der Waals surface area contributed by atoms with Crippen LogP contribution < -0.4 is 5.32 Å². The Hall–Kier alpha value is 0.320. The van der Waals surface area contributed by atoms with Crippen LogP contribution >= 0.6 is 54.5 Å². The van der Waals surface area contributed by atoms with Crippen molar-refractivity contribution in [3.63, 3.8) is 0 Å². The molecule has 0 fully saturated rings. The molecule has 0 aromatic carbocycles. The quantitative estimate of drug-likeness (QED) is 0.735. The van der Waals surface area contributed by atoms with Crippen molar-refractivity contribution in [1.29, 1.82) is 0 Å². The zero-order chi connectivity index (χ0) is 12.3. The van der Waals surface area contributed by atoms with E-state index in [-0.39, 0.29) is 0 Å². The van der Waals surface area contributed by atoms with Crippen LogP contribution in [0.15, 0.2) is 26.5 Å². The Bertz CT molecular complexity index is 471. The van der Waals surface area contributed by atoms with Crippen LogP contribution in [-0.4, -0.2) is 0 Å². The van der Waals surface area contributed by atoms with E-state index in [0.29, 0.717) is 0 Å². The zero-order valence-corrected chi connectivity index (χ0v) is 14.2. The van der Waals surface area contributed by atoms with E-state index in [1.165, 1.54) is 18.4 Å². The van der Waals surface area contributed by atoms with Gasteiger partial charge in [0, 0.05) is 32.2 Å². The lowest BCUT2D eigenvalue weighted by Gasteiger charge is -1.99. The molecular weight excluding hydrogens is 382 g/mol. The van der Waals surface area contributed by atoms with Crippen molar-refractivity contribution in [2.45, 2.75) is 26.4 Å². The Morgan fingerprint density at radius 1 is 1.06 bits per heavy atom. The van der Waals surface area contributed by atoms with E-state index in [0.717, 1.165) is 24.0 Å². The number of thiophene rings is 2. The Morgan fingerprint density at radius 3 is 2.35 bits per heavy atom. The lowest BCUT2D eigenvalue weighted by molar-refractivity contribution is 0.709. The van der Waals surface area contributed by atoms with Crippen molar-refractivity contribution in [2.75, 3.05) is 0 Å². The summed E-state index contributed by atoms with van der Waals surface area (Å²) in [5.41, 5.74) is 0.